The van der Waals surface area contributed by atoms with Crippen LogP contribution in [0.2, 0.25) is 5.02 Å². The van der Waals surface area contributed by atoms with Gasteiger partial charge in [-0.2, -0.15) is 0 Å². The Kier molecular flexibility index (Phi) is 4.44. The van der Waals surface area contributed by atoms with E-state index in [0.29, 0.717) is 25.2 Å². The van der Waals surface area contributed by atoms with Crippen molar-refractivity contribution in [3.8, 4) is 0 Å². The number of carbonyl (C=O) groups excluding carboxylic acids is 1. The molecule has 2 amide bonds. The minimum absolute atomic E-state index is 0.0185. The van der Waals surface area contributed by atoms with Crippen LogP contribution in [0.1, 0.15) is 12.8 Å². The molecule has 1 aliphatic heterocycles. The van der Waals surface area contributed by atoms with E-state index in [9.17, 15) is 14.0 Å². The van der Waals surface area contributed by atoms with Gasteiger partial charge in [0.25, 0.3) is 0 Å². The molecule has 1 unspecified atom stereocenters. The fourth-order valence-electron chi connectivity index (χ4n) is 2.21. The molecule has 1 aromatic carbocycles. The number of benzene rings is 1. The Hall–Kier alpha value is -1.82. The summed E-state index contributed by atoms with van der Waals surface area (Å²) in [6.07, 6.45) is 0.732. The summed E-state index contributed by atoms with van der Waals surface area (Å²) >= 11 is 5.63. The van der Waals surface area contributed by atoms with Crippen molar-refractivity contribution >= 4 is 29.3 Å². The molecule has 0 saturated carbocycles. The van der Waals surface area contributed by atoms with Gasteiger partial charge in [-0.3, -0.25) is 4.79 Å². The highest BCUT2D eigenvalue weighted by Gasteiger charge is 2.27. The summed E-state index contributed by atoms with van der Waals surface area (Å²) in [5.74, 6) is -1.43. The molecule has 0 spiro atoms. The third-order valence-corrected chi connectivity index (χ3v) is 3.50. The van der Waals surface area contributed by atoms with E-state index < -0.39 is 11.8 Å². The monoisotopic (exact) mass is 300 g/mol. The van der Waals surface area contributed by atoms with Gasteiger partial charge in [0.1, 0.15) is 5.82 Å². The number of rotatable bonds is 3. The number of amides is 2. The van der Waals surface area contributed by atoms with Crippen molar-refractivity contribution in [2.24, 2.45) is 5.92 Å². The largest absolute Gasteiger partial charge is 0.481 e. The molecule has 7 heteroatoms. The SMILES string of the molecule is O=C(O)CC1CCN(C(=O)Nc2ccc(F)c(Cl)c2)C1. The molecule has 5 nitrogen and oxygen atoms in total. The average Bonchev–Trinajstić information content (AvgIpc) is 2.81. The maximum Gasteiger partial charge on any atom is 0.321 e. The summed E-state index contributed by atoms with van der Waals surface area (Å²) in [6.45, 7) is 0.922. The molecule has 1 atom stereocenters. The average molecular weight is 301 g/mol. The predicted octanol–water partition coefficient (Wildman–Crippen LogP) is 2.81. The summed E-state index contributed by atoms with van der Waals surface area (Å²) in [5, 5.41) is 11.3. The van der Waals surface area contributed by atoms with Gasteiger partial charge in [0.2, 0.25) is 0 Å². The Bertz CT molecular complexity index is 538. The zero-order chi connectivity index (χ0) is 14.7. The standard InChI is InChI=1S/C13H14ClFN2O3/c14-10-6-9(1-2-11(10)15)16-13(20)17-4-3-8(7-17)5-12(18)19/h1-2,6,8H,3-5,7H2,(H,16,20)(H,18,19). The summed E-state index contributed by atoms with van der Waals surface area (Å²) in [5.41, 5.74) is 0.406. The number of nitrogens with zero attached hydrogens (tertiary/aromatic N) is 1. The van der Waals surface area contributed by atoms with Crippen LogP contribution in [0.4, 0.5) is 14.9 Å². The number of carboxylic acid groups (broad SMARTS) is 1. The maximum absolute atomic E-state index is 13.0. The molecule has 0 bridgehead atoms. The van der Waals surface area contributed by atoms with E-state index in [-0.39, 0.29) is 23.4 Å². The van der Waals surface area contributed by atoms with Crippen molar-refractivity contribution in [3.05, 3.63) is 29.0 Å². The number of hydrogen-bond donors (Lipinski definition) is 2. The van der Waals surface area contributed by atoms with Gasteiger partial charge in [0.05, 0.1) is 5.02 Å². The van der Waals surface area contributed by atoms with Gasteiger partial charge in [-0.15, -0.1) is 0 Å². The quantitative estimate of drug-likeness (QED) is 0.902. The van der Waals surface area contributed by atoms with Crippen molar-refractivity contribution in [1.29, 1.82) is 0 Å². The molecular weight excluding hydrogens is 287 g/mol. The van der Waals surface area contributed by atoms with Gasteiger partial charge in [-0.1, -0.05) is 11.6 Å². The van der Waals surface area contributed by atoms with Gasteiger partial charge in [0.15, 0.2) is 0 Å². The smallest absolute Gasteiger partial charge is 0.321 e. The zero-order valence-electron chi connectivity index (χ0n) is 10.6. The van der Waals surface area contributed by atoms with Crippen LogP contribution in [0.3, 0.4) is 0 Å². The third kappa shape index (κ3) is 3.60. The molecular formula is C13H14ClFN2O3. The second-order valence-electron chi connectivity index (χ2n) is 4.76. The van der Waals surface area contributed by atoms with Gasteiger partial charge < -0.3 is 15.3 Å². The lowest BCUT2D eigenvalue weighted by Gasteiger charge is -2.17. The molecule has 2 N–H and O–H groups in total. The molecule has 1 aromatic rings. The molecule has 1 saturated heterocycles. The summed E-state index contributed by atoms with van der Waals surface area (Å²) in [7, 11) is 0. The minimum Gasteiger partial charge on any atom is -0.481 e. The highest BCUT2D eigenvalue weighted by atomic mass is 35.5. The normalized spacial score (nSPS) is 18.1. The Balaban J connectivity index is 1.92. The van der Waals surface area contributed by atoms with Gasteiger partial charge in [-0.05, 0) is 30.5 Å². The van der Waals surface area contributed by atoms with E-state index in [1.807, 2.05) is 0 Å². The number of anilines is 1. The predicted molar refractivity (Wildman–Crippen MR) is 72.4 cm³/mol. The van der Waals surface area contributed by atoms with E-state index >= 15 is 0 Å². The Morgan fingerprint density at radius 1 is 1.50 bits per heavy atom. The topological polar surface area (TPSA) is 69.6 Å². The summed E-state index contributed by atoms with van der Waals surface area (Å²) < 4.78 is 13.0. The fraction of sp³-hybridized carbons (Fsp3) is 0.385. The Morgan fingerprint density at radius 2 is 2.25 bits per heavy atom. The summed E-state index contributed by atoms with van der Waals surface area (Å²) in [6, 6.07) is 3.60. The lowest BCUT2D eigenvalue weighted by Crippen LogP contribution is -2.33. The van der Waals surface area contributed by atoms with Crippen molar-refractivity contribution < 1.29 is 19.1 Å². The van der Waals surface area contributed by atoms with Crippen LogP contribution in [-0.4, -0.2) is 35.1 Å². The van der Waals surface area contributed by atoms with E-state index in [4.69, 9.17) is 16.7 Å². The lowest BCUT2D eigenvalue weighted by atomic mass is 10.1. The Labute approximate surface area is 120 Å². The van der Waals surface area contributed by atoms with Crippen molar-refractivity contribution in [3.63, 3.8) is 0 Å². The number of urea groups is 1. The number of carbonyl (C=O) groups is 2. The number of likely N-dealkylation sites (tertiary alicyclic amines) is 1. The van der Waals surface area contributed by atoms with Crippen molar-refractivity contribution in [2.45, 2.75) is 12.8 Å². The van der Waals surface area contributed by atoms with E-state index in [0.717, 1.165) is 0 Å². The van der Waals surface area contributed by atoms with Gasteiger partial charge >= 0.3 is 12.0 Å². The molecule has 2 rings (SSSR count). The maximum atomic E-state index is 13.0. The first-order valence-electron chi connectivity index (χ1n) is 6.18. The molecule has 1 aliphatic rings. The number of nitrogens with one attached hydrogen (secondary N) is 1. The van der Waals surface area contributed by atoms with Crippen LogP contribution in [0.25, 0.3) is 0 Å². The highest BCUT2D eigenvalue weighted by molar-refractivity contribution is 6.31. The molecule has 108 valence electrons. The third-order valence-electron chi connectivity index (χ3n) is 3.21. The fourth-order valence-corrected chi connectivity index (χ4v) is 2.39. The number of halogens is 2. The van der Waals surface area contributed by atoms with Crippen LogP contribution >= 0.6 is 11.6 Å². The van der Waals surface area contributed by atoms with Crippen LogP contribution < -0.4 is 5.32 Å². The van der Waals surface area contributed by atoms with Crippen LogP contribution in [0.15, 0.2) is 18.2 Å². The number of aliphatic carboxylic acids is 1. The second-order valence-corrected chi connectivity index (χ2v) is 5.16. The van der Waals surface area contributed by atoms with Crippen molar-refractivity contribution in [2.75, 3.05) is 18.4 Å². The molecule has 20 heavy (non-hydrogen) atoms. The highest BCUT2D eigenvalue weighted by Crippen LogP contribution is 2.22. The first-order chi connectivity index (χ1) is 9.45. The number of carboxylic acids is 1. The summed E-state index contributed by atoms with van der Waals surface area (Å²) in [4.78, 5) is 24.1. The lowest BCUT2D eigenvalue weighted by molar-refractivity contribution is -0.138. The van der Waals surface area contributed by atoms with Crippen LogP contribution in [-0.2, 0) is 4.79 Å². The van der Waals surface area contributed by atoms with Crippen molar-refractivity contribution in [1.82, 2.24) is 4.90 Å². The van der Waals surface area contributed by atoms with Crippen LogP contribution in [0.5, 0.6) is 0 Å². The molecule has 0 aliphatic carbocycles. The first-order valence-corrected chi connectivity index (χ1v) is 6.56. The molecule has 1 fully saturated rings. The van der Waals surface area contributed by atoms with E-state index in [1.165, 1.54) is 18.2 Å². The van der Waals surface area contributed by atoms with Gasteiger partial charge in [-0.25, -0.2) is 9.18 Å². The van der Waals surface area contributed by atoms with E-state index in [2.05, 4.69) is 5.32 Å². The molecule has 1 heterocycles. The first kappa shape index (κ1) is 14.6. The van der Waals surface area contributed by atoms with Crippen LogP contribution in [0, 0.1) is 11.7 Å². The number of hydrogen-bond acceptors (Lipinski definition) is 2. The van der Waals surface area contributed by atoms with Gasteiger partial charge in [0, 0.05) is 25.2 Å². The van der Waals surface area contributed by atoms with E-state index in [1.54, 1.807) is 4.90 Å². The Morgan fingerprint density at radius 3 is 2.90 bits per heavy atom. The zero-order valence-corrected chi connectivity index (χ0v) is 11.4. The second kappa shape index (κ2) is 6.09. The molecule has 0 radical (unpaired) electrons. The molecule has 0 aromatic heterocycles. The minimum atomic E-state index is -0.859.